The van der Waals surface area contributed by atoms with E-state index in [0.717, 1.165) is 0 Å². The molecule has 1 heterocycles. The Hall–Kier alpha value is -0.790. The van der Waals surface area contributed by atoms with Gasteiger partial charge in [0.15, 0.2) is 0 Å². The number of esters is 1. The summed E-state index contributed by atoms with van der Waals surface area (Å²) in [6, 6.07) is 0. The molecule has 0 amide bonds. The molecule has 0 spiro atoms. The number of hydrogen-bond donors (Lipinski definition) is 0. The summed E-state index contributed by atoms with van der Waals surface area (Å²) in [5.41, 5.74) is 0.611. The summed E-state index contributed by atoms with van der Waals surface area (Å²) in [6.07, 6.45) is 1.52. The van der Waals surface area contributed by atoms with E-state index in [0.29, 0.717) is 5.57 Å². The Morgan fingerprint density at radius 3 is 2.71 bits per heavy atom. The fraction of sp³-hybridized carbons (Fsp3) is 0.200. The van der Waals surface area contributed by atoms with Crippen LogP contribution < -0.4 is 0 Å². The van der Waals surface area contributed by atoms with Crippen LogP contribution in [-0.2, 0) is 9.53 Å². The number of hydrogen-bond acceptors (Lipinski definition) is 2. The van der Waals surface area contributed by atoms with Gasteiger partial charge in [-0.25, -0.2) is 4.79 Å². The average molecular weight is 96.1 g/mol. The quantitative estimate of drug-likeness (QED) is 0.411. The lowest BCUT2D eigenvalue weighted by Gasteiger charge is -1.84. The van der Waals surface area contributed by atoms with Gasteiger partial charge in [-0.2, -0.15) is 0 Å². The van der Waals surface area contributed by atoms with Gasteiger partial charge in [-0.05, 0) is 13.0 Å². The van der Waals surface area contributed by atoms with Crippen molar-refractivity contribution in [1.82, 2.24) is 0 Å². The van der Waals surface area contributed by atoms with Gasteiger partial charge in [0.05, 0.1) is 0 Å². The molecule has 0 saturated carbocycles. The summed E-state index contributed by atoms with van der Waals surface area (Å²) in [5, 5.41) is 0. The van der Waals surface area contributed by atoms with E-state index in [1.54, 1.807) is 6.92 Å². The zero-order valence-corrected chi connectivity index (χ0v) is 3.89. The topological polar surface area (TPSA) is 26.3 Å². The van der Waals surface area contributed by atoms with Crippen molar-refractivity contribution in [2.45, 2.75) is 6.92 Å². The molecular weight excluding hydrogens is 92.1 g/mol. The van der Waals surface area contributed by atoms with Crippen molar-refractivity contribution in [3.8, 4) is 0 Å². The molecule has 0 aromatic carbocycles. The monoisotopic (exact) mass is 96.0 g/mol. The van der Waals surface area contributed by atoms with Crippen LogP contribution in [-0.4, -0.2) is 5.97 Å². The zero-order valence-electron chi connectivity index (χ0n) is 3.89. The maximum atomic E-state index is 10.2. The standard InChI is InChI=1S/C5H4O2/c1-4-2-3-7-5(4)6/h2H,1H3. The second-order valence-corrected chi connectivity index (χ2v) is 1.33. The van der Waals surface area contributed by atoms with Crippen molar-refractivity contribution >= 4 is 5.97 Å². The summed E-state index contributed by atoms with van der Waals surface area (Å²) in [7, 11) is 0. The first kappa shape index (κ1) is 4.37. The number of ether oxygens (including phenoxy) is 1. The summed E-state index contributed by atoms with van der Waals surface area (Å²) < 4.78 is 4.28. The molecule has 1 aliphatic heterocycles. The molecule has 0 N–H and O–H groups in total. The predicted molar refractivity (Wildman–Crippen MR) is 23.1 cm³/mol. The first-order chi connectivity index (χ1) is 3.30. The average Bonchev–Trinajstić information content (AvgIpc) is 1.91. The van der Waals surface area contributed by atoms with Crippen molar-refractivity contribution in [2.24, 2.45) is 0 Å². The number of carbonyl (C=O) groups excluding carboxylic acids is 1. The van der Waals surface area contributed by atoms with Crippen LogP contribution in [0.2, 0.25) is 0 Å². The highest BCUT2D eigenvalue weighted by atomic mass is 16.5. The fourth-order valence-corrected chi connectivity index (χ4v) is 0.311. The molecule has 1 aliphatic rings. The molecule has 2 heteroatoms. The maximum absolute atomic E-state index is 10.2. The normalized spacial score (nSPS) is 19.0. The highest BCUT2D eigenvalue weighted by molar-refractivity contribution is 5.90. The third-order valence-corrected chi connectivity index (χ3v) is 0.749. The third kappa shape index (κ3) is 0.633. The van der Waals surface area contributed by atoms with Gasteiger partial charge in [-0.3, -0.25) is 0 Å². The molecule has 0 fully saturated rings. The van der Waals surface area contributed by atoms with Crippen LogP contribution in [0, 0.1) is 6.61 Å². The van der Waals surface area contributed by atoms with Crippen molar-refractivity contribution < 1.29 is 9.53 Å². The van der Waals surface area contributed by atoms with Crippen LogP contribution in [0.15, 0.2) is 11.6 Å². The van der Waals surface area contributed by atoms with Crippen LogP contribution >= 0.6 is 0 Å². The number of carbonyl (C=O) groups is 1. The van der Waals surface area contributed by atoms with Crippen LogP contribution in [0.4, 0.5) is 0 Å². The second kappa shape index (κ2) is 1.37. The largest absolute Gasteiger partial charge is 0.442 e. The lowest BCUT2D eigenvalue weighted by atomic mass is 10.3. The van der Waals surface area contributed by atoms with Gasteiger partial charge in [0.1, 0.15) is 0 Å². The minimum absolute atomic E-state index is 0.292. The van der Waals surface area contributed by atoms with Gasteiger partial charge in [0.2, 0.25) is 6.61 Å². The molecule has 0 atom stereocenters. The minimum Gasteiger partial charge on any atom is -0.442 e. The highest BCUT2D eigenvalue weighted by Gasteiger charge is 2.11. The number of rotatable bonds is 0. The summed E-state index contributed by atoms with van der Waals surface area (Å²) >= 11 is 0. The van der Waals surface area contributed by atoms with E-state index in [1.807, 2.05) is 0 Å². The molecule has 2 radical (unpaired) electrons. The van der Waals surface area contributed by atoms with Crippen molar-refractivity contribution in [2.75, 3.05) is 0 Å². The molecule has 0 bridgehead atoms. The van der Waals surface area contributed by atoms with Gasteiger partial charge < -0.3 is 4.74 Å². The SMILES string of the molecule is CC1=C[C]OC1=O. The molecule has 1 rings (SSSR count). The third-order valence-electron chi connectivity index (χ3n) is 0.749. The number of cyclic esters (lactones) is 1. The van der Waals surface area contributed by atoms with Crippen LogP contribution in [0.25, 0.3) is 0 Å². The van der Waals surface area contributed by atoms with Crippen LogP contribution in [0.3, 0.4) is 0 Å². The first-order valence-corrected chi connectivity index (χ1v) is 1.94. The van der Waals surface area contributed by atoms with Gasteiger partial charge in [0, 0.05) is 5.57 Å². The Bertz CT molecular complexity index is 124. The van der Waals surface area contributed by atoms with Crippen LogP contribution in [0.5, 0.6) is 0 Å². The molecule has 0 unspecified atom stereocenters. The lowest BCUT2D eigenvalue weighted by Crippen LogP contribution is -1.93. The Labute approximate surface area is 41.8 Å². The van der Waals surface area contributed by atoms with Gasteiger partial charge in [-0.1, -0.05) is 0 Å². The van der Waals surface area contributed by atoms with Gasteiger partial charge >= 0.3 is 5.97 Å². The minimum atomic E-state index is -0.292. The van der Waals surface area contributed by atoms with Crippen LogP contribution in [0.1, 0.15) is 6.92 Å². The molecule has 0 saturated heterocycles. The van der Waals surface area contributed by atoms with E-state index >= 15 is 0 Å². The van der Waals surface area contributed by atoms with E-state index in [9.17, 15) is 4.79 Å². The lowest BCUT2D eigenvalue weighted by molar-refractivity contribution is -0.133. The molecule has 0 aromatic heterocycles. The van der Waals surface area contributed by atoms with Gasteiger partial charge in [-0.15, -0.1) is 0 Å². The first-order valence-electron chi connectivity index (χ1n) is 1.94. The molecular formula is C5H4O2. The Kier molecular flexibility index (Phi) is 0.855. The van der Waals surface area contributed by atoms with Crippen molar-refractivity contribution in [1.29, 1.82) is 0 Å². The predicted octanol–water partition coefficient (Wildman–Crippen LogP) is 0.528. The molecule has 7 heavy (non-hydrogen) atoms. The Morgan fingerprint density at radius 1 is 1.86 bits per heavy atom. The zero-order chi connectivity index (χ0) is 5.28. The van der Waals surface area contributed by atoms with E-state index < -0.39 is 0 Å². The molecule has 2 nitrogen and oxygen atoms in total. The highest BCUT2D eigenvalue weighted by Crippen LogP contribution is 2.06. The molecule has 0 aromatic rings. The summed E-state index contributed by atoms with van der Waals surface area (Å²) in [5.74, 6) is -0.292. The van der Waals surface area contributed by atoms with Gasteiger partial charge in [0.25, 0.3) is 0 Å². The Morgan fingerprint density at radius 2 is 2.57 bits per heavy atom. The maximum Gasteiger partial charge on any atom is 0.334 e. The molecule has 0 aliphatic carbocycles. The van der Waals surface area contributed by atoms with Crippen molar-refractivity contribution in [3.63, 3.8) is 0 Å². The smallest absolute Gasteiger partial charge is 0.334 e. The van der Waals surface area contributed by atoms with Crippen molar-refractivity contribution in [3.05, 3.63) is 18.3 Å². The van der Waals surface area contributed by atoms with E-state index in [1.165, 1.54) is 6.08 Å². The van der Waals surface area contributed by atoms with E-state index in [2.05, 4.69) is 11.3 Å². The molecule has 36 valence electrons. The summed E-state index contributed by atoms with van der Waals surface area (Å²) in [4.78, 5) is 10.2. The summed E-state index contributed by atoms with van der Waals surface area (Å²) in [6.45, 7) is 3.99. The Balaban J connectivity index is 2.72. The second-order valence-electron chi connectivity index (χ2n) is 1.33. The van der Waals surface area contributed by atoms with E-state index in [-0.39, 0.29) is 5.97 Å². The fourth-order valence-electron chi connectivity index (χ4n) is 0.311. The van der Waals surface area contributed by atoms with E-state index in [4.69, 9.17) is 0 Å².